The molecule has 0 spiro atoms. The number of nitrogens with zero attached hydrogens (tertiary/aromatic N) is 5. The maximum atomic E-state index is 13.5. The first-order valence-corrected chi connectivity index (χ1v) is 10.6. The number of piperidine rings is 1. The molecule has 2 aromatic rings. The summed E-state index contributed by atoms with van der Waals surface area (Å²) in [6, 6.07) is 3.93. The lowest BCUT2D eigenvalue weighted by Gasteiger charge is -2.43. The summed E-state index contributed by atoms with van der Waals surface area (Å²) in [4.78, 5) is 38.2. The van der Waals surface area contributed by atoms with Crippen LogP contribution >= 0.6 is 0 Å². The molecule has 8 heteroatoms. The van der Waals surface area contributed by atoms with Crippen LogP contribution in [-0.4, -0.2) is 62.6 Å². The van der Waals surface area contributed by atoms with Gasteiger partial charge in [0.05, 0.1) is 5.56 Å². The Morgan fingerprint density at radius 3 is 2.70 bits per heavy atom. The molecule has 2 aromatic heterocycles. The van der Waals surface area contributed by atoms with Gasteiger partial charge in [0.2, 0.25) is 0 Å². The zero-order chi connectivity index (χ0) is 20.8. The number of fused-ring (bicyclic) bond motifs is 4. The van der Waals surface area contributed by atoms with Crippen LogP contribution in [0.5, 0.6) is 0 Å². The first-order valence-electron chi connectivity index (χ1n) is 10.6. The van der Waals surface area contributed by atoms with Crippen molar-refractivity contribution in [1.82, 2.24) is 24.3 Å². The van der Waals surface area contributed by atoms with Crippen LogP contribution in [0.4, 0.5) is 4.39 Å². The lowest BCUT2D eigenvalue weighted by molar-refractivity contribution is 0.0593. The number of pyridine rings is 1. The van der Waals surface area contributed by atoms with Crippen molar-refractivity contribution in [2.75, 3.05) is 26.2 Å². The number of carbonyl (C=O) groups is 1. The molecule has 2 bridgehead atoms. The molecular weight excluding hydrogens is 385 g/mol. The monoisotopic (exact) mass is 411 g/mol. The number of rotatable bonds is 3. The van der Waals surface area contributed by atoms with Gasteiger partial charge in [-0.05, 0) is 31.7 Å². The third-order valence-electron chi connectivity index (χ3n) is 6.61. The van der Waals surface area contributed by atoms with Crippen LogP contribution in [0, 0.1) is 12.8 Å². The quantitative estimate of drug-likeness (QED) is 0.770. The van der Waals surface area contributed by atoms with Crippen molar-refractivity contribution in [2.24, 2.45) is 5.92 Å². The summed E-state index contributed by atoms with van der Waals surface area (Å²) in [5.41, 5.74) is 2.28. The van der Waals surface area contributed by atoms with Crippen LogP contribution < -0.4 is 5.56 Å². The largest absolute Gasteiger partial charge is 0.338 e. The van der Waals surface area contributed by atoms with Gasteiger partial charge in [-0.25, -0.2) is 14.4 Å². The third kappa shape index (κ3) is 3.53. The number of amides is 1. The molecule has 7 nitrogen and oxygen atoms in total. The van der Waals surface area contributed by atoms with Crippen LogP contribution in [0.25, 0.3) is 0 Å². The second-order valence-electron chi connectivity index (χ2n) is 8.85. The van der Waals surface area contributed by atoms with Gasteiger partial charge in [0.1, 0.15) is 12.0 Å². The smallest absolute Gasteiger partial charge is 0.257 e. The van der Waals surface area contributed by atoms with E-state index in [0.29, 0.717) is 57.1 Å². The molecule has 3 atom stereocenters. The summed E-state index contributed by atoms with van der Waals surface area (Å²) in [5.74, 6) is 0.993. The molecule has 3 aliphatic rings. The Morgan fingerprint density at radius 2 is 1.97 bits per heavy atom. The van der Waals surface area contributed by atoms with E-state index >= 15 is 0 Å². The fraction of sp³-hybridized carbons (Fsp3) is 0.545. The molecule has 5 heterocycles. The minimum atomic E-state index is -0.785. The Bertz CT molecular complexity index is 1020. The van der Waals surface area contributed by atoms with Crippen molar-refractivity contribution in [1.29, 1.82) is 0 Å². The average Bonchev–Trinajstić information content (AvgIpc) is 3.15. The highest BCUT2D eigenvalue weighted by molar-refractivity contribution is 5.93. The van der Waals surface area contributed by atoms with Gasteiger partial charge in [-0.2, -0.15) is 0 Å². The Morgan fingerprint density at radius 1 is 1.17 bits per heavy atom. The molecule has 158 valence electrons. The highest BCUT2D eigenvalue weighted by Crippen LogP contribution is 2.35. The fourth-order valence-corrected chi connectivity index (χ4v) is 5.13. The number of hydrogen-bond acceptors (Lipinski definition) is 5. The molecule has 2 saturated heterocycles. The van der Waals surface area contributed by atoms with E-state index in [0.717, 1.165) is 17.7 Å². The number of halogens is 1. The average molecular weight is 411 g/mol. The second-order valence-corrected chi connectivity index (χ2v) is 8.85. The zero-order valence-corrected chi connectivity index (χ0v) is 17.1. The van der Waals surface area contributed by atoms with E-state index in [4.69, 9.17) is 0 Å². The number of hydrogen-bond donors (Lipinski definition) is 0. The Labute approximate surface area is 174 Å². The van der Waals surface area contributed by atoms with Crippen LogP contribution in [-0.2, 0) is 13.1 Å². The van der Waals surface area contributed by atoms with Crippen molar-refractivity contribution in [3.63, 3.8) is 0 Å². The first kappa shape index (κ1) is 19.4. The lowest BCUT2D eigenvalue weighted by atomic mass is 9.82. The normalized spacial score (nSPS) is 25.9. The number of alkyl halides is 1. The summed E-state index contributed by atoms with van der Waals surface area (Å²) < 4.78 is 15.4. The van der Waals surface area contributed by atoms with Gasteiger partial charge in [0.15, 0.2) is 0 Å². The van der Waals surface area contributed by atoms with Gasteiger partial charge in [0, 0.05) is 68.8 Å². The highest BCUT2D eigenvalue weighted by atomic mass is 19.1. The van der Waals surface area contributed by atoms with Crippen LogP contribution in [0.3, 0.4) is 0 Å². The molecular formula is C22H26FN5O2. The van der Waals surface area contributed by atoms with E-state index in [1.54, 1.807) is 19.3 Å². The molecule has 0 aliphatic carbocycles. The molecule has 2 fully saturated rings. The van der Waals surface area contributed by atoms with Crippen molar-refractivity contribution in [3.05, 3.63) is 57.5 Å². The van der Waals surface area contributed by atoms with Crippen molar-refractivity contribution >= 4 is 5.91 Å². The van der Waals surface area contributed by atoms with E-state index in [-0.39, 0.29) is 23.3 Å². The van der Waals surface area contributed by atoms with Crippen LogP contribution in [0.15, 0.2) is 29.3 Å². The number of aryl methyl sites for hydroxylation is 1. The SMILES string of the molecule is Cc1ncc(C(=O)N2C[C@@H]3C[C@H](C2)c2ccc(CN4CC[C@@H](F)C4)c(=O)n2C3)cn1. The van der Waals surface area contributed by atoms with Crippen molar-refractivity contribution in [3.8, 4) is 0 Å². The highest BCUT2D eigenvalue weighted by Gasteiger charge is 2.37. The molecule has 1 amide bonds. The standard InChI is InChI=1S/C22H26FN5O2/c1-14-24-7-18(8-25-14)21(29)27-9-15-6-17(12-27)20-3-2-16(22(30)28(20)10-15)11-26-5-4-19(23)13-26/h2-3,7-8,15,17,19H,4-6,9-13H2,1H3/t15-,17+,19+/m0/s1. The maximum absolute atomic E-state index is 13.5. The predicted molar refractivity (Wildman–Crippen MR) is 109 cm³/mol. The van der Waals surface area contributed by atoms with Gasteiger partial charge in [-0.3, -0.25) is 14.5 Å². The minimum Gasteiger partial charge on any atom is -0.338 e. The predicted octanol–water partition coefficient (Wildman–Crippen LogP) is 1.75. The summed E-state index contributed by atoms with van der Waals surface area (Å²) in [5, 5.41) is 0. The lowest BCUT2D eigenvalue weighted by Crippen LogP contribution is -2.49. The number of likely N-dealkylation sites (tertiary alicyclic amines) is 2. The third-order valence-corrected chi connectivity index (χ3v) is 6.61. The minimum absolute atomic E-state index is 0.0382. The Balaban J connectivity index is 1.36. The summed E-state index contributed by atoms with van der Waals surface area (Å²) in [6.07, 6.45) is 3.92. The maximum Gasteiger partial charge on any atom is 0.257 e. The second kappa shape index (κ2) is 7.58. The van der Waals surface area contributed by atoms with Crippen LogP contribution in [0.1, 0.15) is 46.2 Å². The molecule has 30 heavy (non-hydrogen) atoms. The Kier molecular flexibility index (Phi) is 4.89. The van der Waals surface area contributed by atoms with E-state index < -0.39 is 6.17 Å². The van der Waals surface area contributed by atoms with E-state index in [1.165, 1.54) is 0 Å². The zero-order valence-electron chi connectivity index (χ0n) is 17.1. The number of carbonyl (C=O) groups excluding carboxylic acids is 1. The van der Waals surface area contributed by atoms with Gasteiger partial charge in [-0.15, -0.1) is 0 Å². The first-order chi connectivity index (χ1) is 14.5. The molecule has 0 N–H and O–H groups in total. The molecule has 5 rings (SSSR count). The number of aromatic nitrogens is 3. The summed E-state index contributed by atoms with van der Waals surface area (Å²) in [7, 11) is 0. The van der Waals surface area contributed by atoms with Crippen LogP contribution in [0.2, 0.25) is 0 Å². The molecule has 0 radical (unpaired) electrons. The van der Waals surface area contributed by atoms with E-state index in [9.17, 15) is 14.0 Å². The van der Waals surface area contributed by atoms with Crippen molar-refractivity contribution < 1.29 is 9.18 Å². The van der Waals surface area contributed by atoms with Gasteiger partial charge < -0.3 is 9.47 Å². The fourth-order valence-electron chi connectivity index (χ4n) is 5.13. The van der Waals surface area contributed by atoms with Gasteiger partial charge >= 0.3 is 0 Å². The molecule has 0 saturated carbocycles. The van der Waals surface area contributed by atoms with E-state index in [2.05, 4.69) is 9.97 Å². The Hall–Kier alpha value is -2.61. The van der Waals surface area contributed by atoms with Crippen molar-refractivity contribution in [2.45, 2.75) is 44.9 Å². The molecule has 3 aliphatic heterocycles. The van der Waals surface area contributed by atoms with Gasteiger partial charge in [-0.1, -0.05) is 6.07 Å². The topological polar surface area (TPSA) is 71.3 Å². The summed E-state index contributed by atoms with van der Waals surface area (Å²) in [6.45, 7) is 5.26. The molecule has 0 unspecified atom stereocenters. The molecule has 0 aromatic carbocycles. The summed E-state index contributed by atoms with van der Waals surface area (Å²) >= 11 is 0. The van der Waals surface area contributed by atoms with E-state index in [1.807, 2.05) is 26.5 Å². The van der Waals surface area contributed by atoms with Gasteiger partial charge in [0.25, 0.3) is 11.5 Å².